The zero-order chi connectivity index (χ0) is 17.7. The number of carbonyl (C=O) groups excluding carboxylic acids is 1. The molecule has 1 atom stereocenters. The summed E-state index contributed by atoms with van der Waals surface area (Å²) in [6, 6.07) is 9.07. The highest BCUT2D eigenvalue weighted by Crippen LogP contribution is 2.24. The number of benzene rings is 1. The number of nitrogens with one attached hydrogen (secondary N) is 1. The molecular formula is C17H19N3O4. The van der Waals surface area contributed by atoms with E-state index >= 15 is 0 Å². The predicted molar refractivity (Wildman–Crippen MR) is 90.2 cm³/mol. The van der Waals surface area contributed by atoms with Gasteiger partial charge in [-0.25, -0.2) is 9.78 Å². The van der Waals surface area contributed by atoms with Crippen molar-refractivity contribution < 1.29 is 14.5 Å². The molecule has 0 aliphatic carbocycles. The summed E-state index contributed by atoms with van der Waals surface area (Å²) in [6.07, 6.45) is 1.96. The number of methoxy groups -OCH3 is 1. The predicted octanol–water partition coefficient (Wildman–Crippen LogP) is 3.13. The molecule has 0 bridgehead atoms. The number of rotatable bonds is 6. The average molecular weight is 329 g/mol. The van der Waals surface area contributed by atoms with Gasteiger partial charge < -0.3 is 10.1 Å². The molecule has 0 aliphatic heterocycles. The van der Waals surface area contributed by atoms with Gasteiger partial charge in [0.15, 0.2) is 0 Å². The average Bonchev–Trinajstić information content (AvgIpc) is 2.56. The third-order valence-corrected chi connectivity index (χ3v) is 3.66. The lowest BCUT2D eigenvalue weighted by Gasteiger charge is -2.16. The third kappa shape index (κ3) is 4.07. The molecule has 1 N–H and O–H groups in total. The molecular weight excluding hydrogens is 310 g/mol. The van der Waals surface area contributed by atoms with Gasteiger partial charge in [-0.05, 0) is 31.4 Å². The van der Waals surface area contributed by atoms with Crippen molar-refractivity contribution in [2.75, 3.05) is 12.4 Å². The first-order chi connectivity index (χ1) is 11.4. The molecule has 2 rings (SSSR count). The van der Waals surface area contributed by atoms with Gasteiger partial charge in [-0.15, -0.1) is 0 Å². The Kier molecular flexibility index (Phi) is 5.47. The van der Waals surface area contributed by atoms with E-state index in [0.717, 1.165) is 11.1 Å². The van der Waals surface area contributed by atoms with Crippen LogP contribution in [0.15, 0.2) is 36.5 Å². The van der Waals surface area contributed by atoms with Crippen LogP contribution in [0.2, 0.25) is 0 Å². The Bertz CT molecular complexity index is 761. The Morgan fingerprint density at radius 2 is 2.12 bits per heavy atom. The highest BCUT2D eigenvalue weighted by Gasteiger charge is 2.21. The minimum absolute atomic E-state index is 0.0429. The van der Waals surface area contributed by atoms with Gasteiger partial charge in [-0.1, -0.05) is 24.3 Å². The lowest BCUT2D eigenvalue weighted by molar-refractivity contribution is -0.384. The van der Waals surface area contributed by atoms with Crippen LogP contribution >= 0.6 is 0 Å². The maximum atomic E-state index is 11.5. The van der Waals surface area contributed by atoms with Crippen molar-refractivity contribution in [2.24, 2.45) is 0 Å². The zero-order valence-electron chi connectivity index (χ0n) is 13.8. The van der Waals surface area contributed by atoms with Crippen LogP contribution in [0.1, 0.15) is 28.4 Å². The Morgan fingerprint density at radius 1 is 1.42 bits per heavy atom. The molecule has 126 valence electrons. The van der Waals surface area contributed by atoms with Crippen molar-refractivity contribution in [3.63, 3.8) is 0 Å². The van der Waals surface area contributed by atoms with E-state index in [4.69, 9.17) is 0 Å². The molecule has 0 fully saturated rings. The molecule has 1 unspecified atom stereocenters. The van der Waals surface area contributed by atoms with Crippen molar-refractivity contribution in [3.8, 4) is 0 Å². The summed E-state index contributed by atoms with van der Waals surface area (Å²) in [4.78, 5) is 26.2. The molecule has 2 aromatic rings. The smallest absolute Gasteiger partial charge is 0.339 e. The summed E-state index contributed by atoms with van der Waals surface area (Å²) in [5, 5.41) is 14.3. The van der Waals surface area contributed by atoms with Crippen molar-refractivity contribution >= 4 is 17.5 Å². The van der Waals surface area contributed by atoms with Crippen molar-refractivity contribution in [1.82, 2.24) is 4.98 Å². The van der Waals surface area contributed by atoms with Crippen LogP contribution in [0.3, 0.4) is 0 Å². The number of hydrogen-bond donors (Lipinski definition) is 1. The van der Waals surface area contributed by atoms with Gasteiger partial charge in [0.1, 0.15) is 0 Å². The van der Waals surface area contributed by atoms with Crippen LogP contribution < -0.4 is 5.32 Å². The Morgan fingerprint density at radius 3 is 2.75 bits per heavy atom. The maximum absolute atomic E-state index is 11.5. The fourth-order valence-corrected chi connectivity index (χ4v) is 2.39. The second kappa shape index (κ2) is 7.54. The number of esters is 1. The Balaban J connectivity index is 2.20. The fourth-order valence-electron chi connectivity index (χ4n) is 2.39. The zero-order valence-corrected chi connectivity index (χ0v) is 13.8. The lowest BCUT2D eigenvalue weighted by Crippen LogP contribution is -2.20. The first-order valence-corrected chi connectivity index (χ1v) is 7.46. The molecule has 1 aromatic heterocycles. The van der Waals surface area contributed by atoms with Gasteiger partial charge in [0, 0.05) is 18.3 Å². The van der Waals surface area contributed by atoms with E-state index in [2.05, 4.69) is 15.0 Å². The molecule has 0 spiro atoms. The minimum Gasteiger partial charge on any atom is -0.465 e. The summed E-state index contributed by atoms with van der Waals surface area (Å²) in [5.74, 6) is -0.529. The fraction of sp³-hybridized carbons (Fsp3) is 0.294. The normalized spacial score (nSPS) is 11.6. The third-order valence-electron chi connectivity index (χ3n) is 3.66. The Hall–Kier alpha value is -2.96. The number of ether oxygens (including phenoxy) is 1. The lowest BCUT2D eigenvalue weighted by atomic mass is 10.0. The van der Waals surface area contributed by atoms with E-state index in [0.29, 0.717) is 6.42 Å². The van der Waals surface area contributed by atoms with E-state index in [1.165, 1.54) is 19.4 Å². The highest BCUT2D eigenvalue weighted by atomic mass is 16.6. The van der Waals surface area contributed by atoms with Crippen molar-refractivity contribution in [2.45, 2.75) is 26.3 Å². The number of pyridine rings is 1. The number of aromatic nitrogens is 1. The molecule has 1 aromatic carbocycles. The highest BCUT2D eigenvalue weighted by molar-refractivity contribution is 5.90. The quantitative estimate of drug-likeness (QED) is 0.497. The van der Waals surface area contributed by atoms with E-state index in [9.17, 15) is 14.9 Å². The monoisotopic (exact) mass is 329 g/mol. The van der Waals surface area contributed by atoms with Crippen LogP contribution in [0.25, 0.3) is 0 Å². The van der Waals surface area contributed by atoms with E-state index in [-0.39, 0.29) is 23.1 Å². The SMILES string of the molecule is COC(=O)c1cnc(NC(C)Cc2ccccc2C)c([N+](=O)[O-])c1. The molecule has 0 radical (unpaired) electrons. The minimum atomic E-state index is -0.662. The molecule has 7 heteroatoms. The second-order valence-electron chi connectivity index (χ2n) is 5.52. The summed E-state index contributed by atoms with van der Waals surface area (Å²) in [7, 11) is 1.21. The van der Waals surface area contributed by atoms with Gasteiger partial charge in [-0.2, -0.15) is 0 Å². The molecule has 1 heterocycles. The van der Waals surface area contributed by atoms with Crippen LogP contribution in [-0.2, 0) is 11.2 Å². The van der Waals surface area contributed by atoms with Crippen molar-refractivity contribution in [3.05, 3.63) is 63.3 Å². The number of carbonyl (C=O) groups is 1. The summed E-state index contributed by atoms with van der Waals surface area (Å²) < 4.78 is 4.56. The first kappa shape index (κ1) is 17.4. The number of nitro groups is 1. The van der Waals surface area contributed by atoms with E-state index < -0.39 is 10.9 Å². The molecule has 0 saturated heterocycles. The van der Waals surface area contributed by atoms with Crippen molar-refractivity contribution in [1.29, 1.82) is 0 Å². The second-order valence-corrected chi connectivity index (χ2v) is 5.52. The summed E-state index contributed by atoms with van der Waals surface area (Å²) in [6.45, 7) is 3.94. The van der Waals surface area contributed by atoms with Gasteiger partial charge >= 0.3 is 11.7 Å². The van der Waals surface area contributed by atoms with Gasteiger partial charge in [0.05, 0.1) is 17.6 Å². The topological polar surface area (TPSA) is 94.4 Å². The number of hydrogen-bond acceptors (Lipinski definition) is 6. The number of aryl methyl sites for hydroxylation is 1. The standard InChI is InChI=1S/C17H19N3O4/c1-11-6-4-5-7-13(11)8-12(2)19-16-15(20(22)23)9-14(10-18-16)17(21)24-3/h4-7,9-10,12H,8H2,1-3H3,(H,18,19). The van der Waals surface area contributed by atoms with Crippen LogP contribution in [-0.4, -0.2) is 29.0 Å². The largest absolute Gasteiger partial charge is 0.465 e. The van der Waals surface area contributed by atoms with E-state index in [1.807, 2.05) is 38.1 Å². The molecule has 0 aliphatic rings. The van der Waals surface area contributed by atoms with Gasteiger partial charge in [0.2, 0.25) is 5.82 Å². The summed E-state index contributed by atoms with van der Waals surface area (Å²) in [5.41, 5.74) is 2.11. The first-order valence-electron chi connectivity index (χ1n) is 7.46. The molecule has 7 nitrogen and oxygen atoms in total. The number of nitrogens with zero attached hydrogens (tertiary/aromatic N) is 2. The van der Waals surface area contributed by atoms with Crippen LogP contribution in [0.4, 0.5) is 11.5 Å². The van der Waals surface area contributed by atoms with Crippen LogP contribution in [0, 0.1) is 17.0 Å². The number of anilines is 1. The summed E-state index contributed by atoms with van der Waals surface area (Å²) >= 11 is 0. The van der Waals surface area contributed by atoms with E-state index in [1.54, 1.807) is 0 Å². The maximum Gasteiger partial charge on any atom is 0.339 e. The van der Waals surface area contributed by atoms with Gasteiger partial charge in [0.25, 0.3) is 0 Å². The van der Waals surface area contributed by atoms with Gasteiger partial charge in [-0.3, -0.25) is 10.1 Å². The van der Waals surface area contributed by atoms with Crippen LogP contribution in [0.5, 0.6) is 0 Å². The molecule has 0 amide bonds. The Labute approximate surface area is 139 Å². The molecule has 0 saturated carbocycles. The molecule has 24 heavy (non-hydrogen) atoms.